The smallest absolute Gasteiger partial charge is 0.0677 e. The van der Waals surface area contributed by atoms with Crippen LogP contribution in [-0.2, 0) is 0 Å². The molecule has 0 fully saturated rings. The average molecular weight is 74.1 g/mol. The maximum absolute atomic E-state index is 4.94. The van der Waals surface area contributed by atoms with E-state index in [4.69, 9.17) is 11.6 Å². The van der Waals surface area contributed by atoms with Crippen molar-refractivity contribution >= 4 is 0 Å². The van der Waals surface area contributed by atoms with Crippen LogP contribution in [0.25, 0.3) is 0 Å². The largest absolute Gasteiger partial charge is 0.315 e. The average Bonchev–Trinajstić information content (AvgIpc) is 1.38. The van der Waals surface area contributed by atoms with Crippen LogP contribution in [0.3, 0.4) is 0 Å². The highest BCUT2D eigenvalue weighted by atomic mass is 15.3. The van der Waals surface area contributed by atoms with Gasteiger partial charge < -0.3 is 5.73 Å². The standard InChI is InChI=1S/C2H8N3/c1-2(3)5-4/h2,5H,1,3-4H2. The third-order valence-electron chi connectivity index (χ3n) is 0.214. The molecule has 31 valence electrons. The Labute approximate surface area is 31.3 Å². The Bertz CT molecular complexity index is 18.9. The first-order chi connectivity index (χ1) is 2.27. The van der Waals surface area contributed by atoms with E-state index >= 15 is 0 Å². The third-order valence-corrected chi connectivity index (χ3v) is 0.214. The molecule has 0 aromatic rings. The Kier molecular flexibility index (Phi) is 2.09. The van der Waals surface area contributed by atoms with Crippen molar-refractivity contribution in [1.29, 1.82) is 0 Å². The molecule has 0 rings (SSSR count). The number of nitrogens with one attached hydrogen (secondary N) is 1. The summed E-state index contributed by atoms with van der Waals surface area (Å²) in [6.07, 6.45) is -0.338. The SMILES string of the molecule is [CH2]C(N)NN. The van der Waals surface area contributed by atoms with Gasteiger partial charge in [0, 0.05) is 0 Å². The molecule has 1 unspecified atom stereocenters. The lowest BCUT2D eigenvalue weighted by Gasteiger charge is -1.95. The van der Waals surface area contributed by atoms with Crippen LogP contribution in [0.2, 0.25) is 0 Å². The van der Waals surface area contributed by atoms with Gasteiger partial charge in [-0.1, -0.05) is 0 Å². The van der Waals surface area contributed by atoms with Gasteiger partial charge in [-0.05, 0) is 6.92 Å². The second-order valence-corrected chi connectivity index (χ2v) is 0.773. The topological polar surface area (TPSA) is 64.1 Å². The zero-order valence-electron chi connectivity index (χ0n) is 2.94. The lowest BCUT2D eigenvalue weighted by molar-refractivity contribution is 0.641. The van der Waals surface area contributed by atoms with Gasteiger partial charge in [-0.15, -0.1) is 0 Å². The molecular weight excluding hydrogens is 66.0 g/mol. The first-order valence-corrected chi connectivity index (χ1v) is 1.32. The van der Waals surface area contributed by atoms with E-state index in [9.17, 15) is 0 Å². The molecule has 5 N–H and O–H groups in total. The molecule has 3 nitrogen and oxygen atoms in total. The van der Waals surface area contributed by atoms with Gasteiger partial charge in [0.2, 0.25) is 0 Å². The van der Waals surface area contributed by atoms with E-state index in [2.05, 4.69) is 12.3 Å². The van der Waals surface area contributed by atoms with E-state index in [0.717, 1.165) is 0 Å². The molecule has 0 bridgehead atoms. The second kappa shape index (κ2) is 2.14. The summed E-state index contributed by atoms with van der Waals surface area (Å²) in [6, 6.07) is 0. The first kappa shape index (κ1) is 4.88. The van der Waals surface area contributed by atoms with Crippen molar-refractivity contribution in [3.8, 4) is 0 Å². The molecule has 0 aromatic carbocycles. The number of hydrogen-bond donors (Lipinski definition) is 3. The molecule has 0 spiro atoms. The Morgan fingerprint density at radius 3 is 2.00 bits per heavy atom. The number of rotatable bonds is 1. The lowest BCUT2D eigenvalue weighted by atomic mass is 10.7. The lowest BCUT2D eigenvalue weighted by Crippen LogP contribution is -2.39. The van der Waals surface area contributed by atoms with Crippen LogP contribution in [0.4, 0.5) is 0 Å². The molecule has 0 amide bonds. The Balaban J connectivity index is 2.54. The summed E-state index contributed by atoms with van der Waals surface area (Å²) >= 11 is 0. The van der Waals surface area contributed by atoms with Crippen molar-refractivity contribution in [3.63, 3.8) is 0 Å². The van der Waals surface area contributed by atoms with Crippen LogP contribution < -0.4 is 17.0 Å². The summed E-state index contributed by atoms with van der Waals surface area (Å²) in [5.41, 5.74) is 7.14. The molecule has 1 atom stereocenters. The monoisotopic (exact) mass is 74.1 g/mol. The van der Waals surface area contributed by atoms with Crippen LogP contribution in [0.1, 0.15) is 0 Å². The first-order valence-electron chi connectivity index (χ1n) is 1.32. The molecule has 0 saturated heterocycles. The second-order valence-electron chi connectivity index (χ2n) is 0.773. The van der Waals surface area contributed by atoms with Crippen molar-refractivity contribution in [2.45, 2.75) is 6.17 Å². The van der Waals surface area contributed by atoms with Crippen molar-refractivity contribution in [2.24, 2.45) is 11.6 Å². The highest BCUT2D eigenvalue weighted by molar-refractivity contribution is 4.50. The van der Waals surface area contributed by atoms with Gasteiger partial charge in [-0.25, -0.2) is 5.43 Å². The minimum Gasteiger partial charge on any atom is -0.315 e. The van der Waals surface area contributed by atoms with Crippen molar-refractivity contribution in [1.82, 2.24) is 5.43 Å². The van der Waals surface area contributed by atoms with E-state index in [1.54, 1.807) is 0 Å². The molecule has 0 saturated carbocycles. The van der Waals surface area contributed by atoms with E-state index in [1.165, 1.54) is 0 Å². The zero-order chi connectivity index (χ0) is 4.28. The van der Waals surface area contributed by atoms with Crippen molar-refractivity contribution in [2.75, 3.05) is 0 Å². The van der Waals surface area contributed by atoms with E-state index in [0.29, 0.717) is 0 Å². The molecule has 0 heterocycles. The van der Waals surface area contributed by atoms with Gasteiger partial charge in [0.15, 0.2) is 0 Å². The molecule has 0 aliphatic rings. The maximum atomic E-state index is 4.94. The fraction of sp³-hybridized carbons (Fsp3) is 0.500. The minimum absolute atomic E-state index is 0.338. The third kappa shape index (κ3) is 3.88. The number of hydrogen-bond acceptors (Lipinski definition) is 3. The molecule has 0 aromatic heterocycles. The summed E-state index contributed by atoms with van der Waals surface area (Å²) in [5.74, 6) is 4.73. The highest BCUT2D eigenvalue weighted by Gasteiger charge is 1.77. The number of hydrazine groups is 1. The van der Waals surface area contributed by atoms with Gasteiger partial charge >= 0.3 is 0 Å². The van der Waals surface area contributed by atoms with Crippen LogP contribution in [0, 0.1) is 6.92 Å². The Morgan fingerprint density at radius 1 is 1.80 bits per heavy atom. The Morgan fingerprint density at radius 2 is 2.00 bits per heavy atom. The van der Waals surface area contributed by atoms with Gasteiger partial charge in [-0.3, -0.25) is 5.84 Å². The predicted octanol–water partition coefficient (Wildman–Crippen LogP) is -1.43. The van der Waals surface area contributed by atoms with Crippen LogP contribution in [-0.4, -0.2) is 6.17 Å². The molecule has 0 aliphatic carbocycles. The summed E-state index contributed by atoms with van der Waals surface area (Å²) in [6.45, 7) is 3.30. The zero-order valence-corrected chi connectivity index (χ0v) is 2.94. The van der Waals surface area contributed by atoms with Crippen LogP contribution >= 0.6 is 0 Å². The van der Waals surface area contributed by atoms with Crippen molar-refractivity contribution in [3.05, 3.63) is 6.92 Å². The molecule has 5 heavy (non-hydrogen) atoms. The van der Waals surface area contributed by atoms with Gasteiger partial charge in [0.25, 0.3) is 0 Å². The summed E-state index contributed by atoms with van der Waals surface area (Å²) in [7, 11) is 0. The minimum atomic E-state index is -0.338. The maximum Gasteiger partial charge on any atom is 0.0677 e. The highest BCUT2D eigenvalue weighted by Crippen LogP contribution is 1.48. The van der Waals surface area contributed by atoms with Gasteiger partial charge in [0.05, 0.1) is 6.17 Å². The molecule has 1 radical (unpaired) electrons. The quantitative estimate of drug-likeness (QED) is 0.203. The van der Waals surface area contributed by atoms with Crippen LogP contribution in [0.15, 0.2) is 0 Å². The van der Waals surface area contributed by atoms with Crippen LogP contribution in [0.5, 0.6) is 0 Å². The normalized spacial score (nSPS) is 15.0. The molecule has 0 aliphatic heterocycles. The summed E-state index contributed by atoms with van der Waals surface area (Å²) in [4.78, 5) is 0. The fourth-order valence-corrected chi connectivity index (χ4v) is 0. The number of nitrogens with two attached hydrogens (primary N) is 2. The summed E-state index contributed by atoms with van der Waals surface area (Å²) in [5, 5.41) is 0. The van der Waals surface area contributed by atoms with Crippen molar-refractivity contribution < 1.29 is 0 Å². The van der Waals surface area contributed by atoms with E-state index in [1.807, 2.05) is 0 Å². The molecular formula is C2H8N3. The van der Waals surface area contributed by atoms with E-state index in [-0.39, 0.29) is 6.17 Å². The molecule has 3 heteroatoms. The Hall–Kier alpha value is -0.120. The van der Waals surface area contributed by atoms with E-state index < -0.39 is 0 Å². The van der Waals surface area contributed by atoms with Gasteiger partial charge in [-0.2, -0.15) is 0 Å². The predicted molar refractivity (Wildman–Crippen MR) is 20.7 cm³/mol. The van der Waals surface area contributed by atoms with Gasteiger partial charge in [0.1, 0.15) is 0 Å². The summed E-state index contributed by atoms with van der Waals surface area (Å²) < 4.78 is 0. The fourth-order valence-electron chi connectivity index (χ4n) is 0.